The normalized spacial score (nSPS) is 11.0. The maximum absolute atomic E-state index is 5.29. The fraction of sp³-hybridized carbons (Fsp3) is 0.0240. The third-order valence-electron chi connectivity index (χ3n) is 24.7. The van der Waals surface area contributed by atoms with Crippen molar-refractivity contribution in [3.05, 3.63) is 496 Å². The average Bonchev–Trinajstić information content (AvgIpc) is 0.737. The van der Waals surface area contributed by atoms with Crippen molar-refractivity contribution in [1.29, 1.82) is 0 Å². The van der Waals surface area contributed by atoms with Gasteiger partial charge < -0.3 is 19.9 Å². The molecule has 0 atom stereocenters. The summed E-state index contributed by atoms with van der Waals surface area (Å²) < 4.78 is 0. The summed E-state index contributed by atoms with van der Waals surface area (Å²) in [5, 5.41) is 0. The van der Waals surface area contributed by atoms with Gasteiger partial charge in [-0.2, -0.15) is 0 Å². The Kier molecular flexibility index (Phi) is 24.9. The van der Waals surface area contributed by atoms with Crippen LogP contribution in [0.1, 0.15) is 16.7 Å². The SMILES string of the molecule is Cc1cc(-c2c(-c3c[c-]c(-c4ccccn4)cc3-c3cccc(-c4ccccc4)c3)cccc2-c2c[c-]c(-c3ccccn3)cc2-c2cccc(-c3ccccc3)c2)cc(-c2c(-c3c[c-]c(-c4cc(C)c(-c5ccccc5)cn4)cc3-c3cccc(-c4ccccc4)c3)cccc2-c2c[c-]c(-c3cc(C)c(-c4ccccc4)cn3)cc2-c2cccc(-c3ccccc3)c2)c1.[Ir].[Ir]. The van der Waals surface area contributed by atoms with Gasteiger partial charge in [0.05, 0.1) is 0 Å². The van der Waals surface area contributed by atoms with Gasteiger partial charge in [-0.15, -0.1) is 95.1 Å². The van der Waals surface area contributed by atoms with Crippen LogP contribution in [-0.4, -0.2) is 19.9 Å². The maximum Gasteiger partial charge on any atom is 0.0242 e. The van der Waals surface area contributed by atoms with Gasteiger partial charge in [0, 0.05) is 76.1 Å². The molecule has 0 aliphatic rings. The summed E-state index contributed by atoms with van der Waals surface area (Å²) in [7, 11) is 0. The Morgan fingerprint density at radius 2 is 0.412 bits per heavy atom. The van der Waals surface area contributed by atoms with Crippen LogP contribution in [0.3, 0.4) is 0 Å². The number of aryl methyl sites for hydroxylation is 3. The topological polar surface area (TPSA) is 51.6 Å². The molecule has 0 amide bonds. The molecular weight excluding hydrogens is 1940 g/mol. The molecule has 17 aromatic carbocycles. The smallest absolute Gasteiger partial charge is 0.0242 e. The van der Waals surface area contributed by atoms with Gasteiger partial charge in [0.15, 0.2) is 0 Å². The van der Waals surface area contributed by atoms with E-state index in [4.69, 9.17) is 19.9 Å². The molecule has 6 heteroatoms. The summed E-state index contributed by atoms with van der Waals surface area (Å²) in [5.74, 6) is 0. The summed E-state index contributed by atoms with van der Waals surface area (Å²) in [6, 6.07) is 171. The van der Waals surface area contributed by atoms with Crippen LogP contribution in [0.4, 0.5) is 0 Å². The van der Waals surface area contributed by atoms with Crippen LogP contribution in [-0.2, 0) is 40.2 Å². The largest absolute Gasteiger partial charge is 0.305 e. The van der Waals surface area contributed by atoms with Crippen LogP contribution in [0.2, 0.25) is 0 Å². The van der Waals surface area contributed by atoms with Crippen LogP contribution in [0, 0.1) is 45.0 Å². The van der Waals surface area contributed by atoms with Crippen LogP contribution < -0.4 is 0 Å². The van der Waals surface area contributed by atoms with Crippen molar-refractivity contribution >= 4 is 0 Å². The number of aromatic nitrogens is 4. The number of hydrogen-bond donors (Lipinski definition) is 0. The summed E-state index contributed by atoms with van der Waals surface area (Å²) >= 11 is 0. The van der Waals surface area contributed by atoms with E-state index in [1.807, 2.05) is 49.1 Å². The molecule has 4 nitrogen and oxygen atoms in total. The van der Waals surface area contributed by atoms with E-state index in [1.165, 1.54) is 0 Å². The van der Waals surface area contributed by atoms with E-state index in [1.54, 1.807) is 0 Å². The maximum atomic E-state index is 5.29. The summed E-state index contributed by atoms with van der Waals surface area (Å²) in [6.07, 6.45) is 7.76. The zero-order valence-electron chi connectivity index (χ0n) is 72.3. The Balaban J connectivity index is 0.00000555. The molecule has 0 aliphatic heterocycles. The molecule has 4 heterocycles. The second-order valence-corrected chi connectivity index (χ2v) is 33.0. The number of rotatable bonds is 20. The minimum absolute atomic E-state index is 0. The van der Waals surface area contributed by atoms with E-state index < -0.39 is 0 Å². The Morgan fingerprint density at radius 1 is 0.168 bits per heavy atom. The van der Waals surface area contributed by atoms with Gasteiger partial charge in [0.25, 0.3) is 0 Å². The van der Waals surface area contributed by atoms with E-state index in [-0.39, 0.29) is 40.2 Å². The Labute approximate surface area is 794 Å². The van der Waals surface area contributed by atoms with Crippen molar-refractivity contribution in [2.24, 2.45) is 0 Å². The van der Waals surface area contributed by atoms with E-state index in [2.05, 4.69) is 451 Å². The molecule has 0 N–H and O–H groups in total. The Morgan fingerprint density at radius 3 is 0.687 bits per heavy atom. The molecule has 0 spiro atoms. The van der Waals surface area contributed by atoms with Gasteiger partial charge >= 0.3 is 0 Å². The van der Waals surface area contributed by atoms with Crippen molar-refractivity contribution in [1.82, 2.24) is 19.9 Å². The molecule has 0 unspecified atom stereocenters. The molecule has 2 radical (unpaired) electrons. The van der Waals surface area contributed by atoms with Crippen molar-refractivity contribution in [2.75, 3.05) is 0 Å². The molecule has 21 aromatic rings. The van der Waals surface area contributed by atoms with Crippen molar-refractivity contribution in [2.45, 2.75) is 20.8 Å². The van der Waals surface area contributed by atoms with E-state index in [0.29, 0.717) is 0 Å². The van der Waals surface area contributed by atoms with Crippen LogP contribution in [0.5, 0.6) is 0 Å². The van der Waals surface area contributed by atoms with Crippen LogP contribution >= 0.6 is 0 Å². The van der Waals surface area contributed by atoms with Crippen molar-refractivity contribution < 1.29 is 40.2 Å². The number of benzene rings is 17. The third-order valence-corrected chi connectivity index (χ3v) is 24.7. The van der Waals surface area contributed by atoms with E-state index in [0.717, 1.165) is 240 Å². The second kappa shape index (κ2) is 38.3. The number of pyridine rings is 4. The molecule has 4 aromatic heterocycles. The Bertz CT molecular complexity index is 7290. The van der Waals surface area contributed by atoms with Crippen molar-refractivity contribution in [3.63, 3.8) is 0 Å². The standard InChI is InChI=1S/C125H84N4.2Ir/c1-83-68-104(124-110(106-62-58-100(120-56-22-24-66-126-120)77-114(106)96-48-26-44-92(72-96)86-32-10-4-11-33-86)52-30-53-111(124)107-63-59-101(121-57-23-25-67-127-121)78-115(107)97-49-27-45-93(73-97)87-34-12-5-13-35-87)76-105(69-83)125-112(108-64-60-102(122-70-84(2)118(81-128-122)90-40-18-8-19-41-90)79-116(108)98-50-28-46-94(74-98)88-36-14-6-15-37-88)54-31-55-113(125)109-65-61-103(123-71-85(3)119(82-129-123)91-42-20-9-21-43-91)80-117(109)99-51-29-47-95(75-99)89-38-16-7-17-39-89;;/h4-57,62-82H,1-3H3;;/q-4;;. The minimum atomic E-state index is 0. The molecule has 0 bridgehead atoms. The van der Waals surface area contributed by atoms with Crippen LogP contribution in [0.15, 0.2) is 455 Å². The van der Waals surface area contributed by atoms with Gasteiger partial charge in [-0.3, -0.25) is 0 Å². The van der Waals surface area contributed by atoms with Gasteiger partial charge in [0.1, 0.15) is 0 Å². The van der Waals surface area contributed by atoms with Crippen LogP contribution in [0.25, 0.3) is 223 Å². The van der Waals surface area contributed by atoms with Gasteiger partial charge in [-0.05, 0) is 203 Å². The summed E-state index contributed by atoms with van der Waals surface area (Å²) in [4.78, 5) is 20.5. The zero-order valence-corrected chi connectivity index (χ0v) is 77.0. The predicted molar refractivity (Wildman–Crippen MR) is 536 cm³/mol. The molecule has 626 valence electrons. The monoisotopic (exact) mass is 2030 g/mol. The first-order chi connectivity index (χ1) is 63.7. The first-order valence-corrected chi connectivity index (χ1v) is 43.8. The van der Waals surface area contributed by atoms with Crippen molar-refractivity contribution in [3.8, 4) is 223 Å². The van der Waals surface area contributed by atoms with Gasteiger partial charge in [-0.1, -0.05) is 406 Å². The third kappa shape index (κ3) is 17.7. The molecular formula is C125H84Ir2N4-4. The quantitative estimate of drug-likeness (QED) is 0.0714. The molecule has 0 saturated heterocycles. The first-order valence-electron chi connectivity index (χ1n) is 43.8. The van der Waals surface area contributed by atoms with Gasteiger partial charge in [-0.25, -0.2) is 0 Å². The molecule has 0 fully saturated rings. The zero-order chi connectivity index (χ0) is 86.5. The summed E-state index contributed by atoms with van der Waals surface area (Å²) in [6.45, 7) is 6.62. The predicted octanol–water partition coefficient (Wildman–Crippen LogP) is 32.7. The minimum Gasteiger partial charge on any atom is -0.305 e. The molecule has 0 saturated carbocycles. The van der Waals surface area contributed by atoms with E-state index in [9.17, 15) is 0 Å². The second-order valence-electron chi connectivity index (χ2n) is 33.0. The molecule has 0 aliphatic carbocycles. The number of hydrogen-bond acceptors (Lipinski definition) is 4. The average molecular weight is 2030 g/mol. The summed E-state index contributed by atoms with van der Waals surface area (Å²) in [5.41, 5.74) is 43.8. The molecule has 131 heavy (non-hydrogen) atoms. The Hall–Kier alpha value is -15.4. The molecule has 21 rings (SSSR count). The van der Waals surface area contributed by atoms with Gasteiger partial charge in [0.2, 0.25) is 0 Å². The fourth-order valence-electron chi connectivity index (χ4n) is 18.4. The number of nitrogens with zero attached hydrogens (tertiary/aromatic N) is 4. The fourth-order valence-corrected chi connectivity index (χ4v) is 18.4. The van der Waals surface area contributed by atoms with E-state index >= 15 is 0 Å². The first kappa shape index (κ1) is 85.1.